The number of carbonyl (C=O) groups excluding carboxylic acids is 1. The summed E-state index contributed by atoms with van der Waals surface area (Å²) in [7, 11) is 1.44. The Morgan fingerprint density at radius 3 is 2.45 bits per heavy atom. The fourth-order valence-electron chi connectivity index (χ4n) is 3.94. The molecule has 3 aromatic rings. The second-order valence-corrected chi connectivity index (χ2v) is 11.3. The number of methoxy groups -OCH3 is 1. The van der Waals surface area contributed by atoms with E-state index in [9.17, 15) is 28.2 Å². The van der Waals surface area contributed by atoms with E-state index in [0.29, 0.717) is 23.5 Å². The van der Waals surface area contributed by atoms with Crippen molar-refractivity contribution in [1.82, 2.24) is 19.9 Å². The molecule has 0 bridgehead atoms. The number of aliphatic hydroxyl groups is 2. The number of ether oxygens (including phenoxy) is 2. The van der Waals surface area contributed by atoms with Crippen LogP contribution in [0.5, 0.6) is 0 Å². The molecule has 1 saturated heterocycles. The van der Waals surface area contributed by atoms with Crippen LogP contribution >= 0.6 is 27.7 Å². The Bertz CT molecular complexity index is 1320. The van der Waals surface area contributed by atoms with Crippen molar-refractivity contribution in [3.8, 4) is 11.3 Å². The van der Waals surface area contributed by atoms with Crippen LogP contribution in [-0.2, 0) is 16.0 Å². The number of hydrogen-bond donors (Lipinski definition) is 2. The number of rotatable bonds is 12. The summed E-state index contributed by atoms with van der Waals surface area (Å²) in [6.07, 6.45) is -0.396. The molecule has 40 heavy (non-hydrogen) atoms. The van der Waals surface area contributed by atoms with E-state index >= 15 is 0 Å². The molecular formula is C26H28BrF3N4O5S. The van der Waals surface area contributed by atoms with Crippen molar-refractivity contribution in [1.29, 1.82) is 0 Å². The summed E-state index contributed by atoms with van der Waals surface area (Å²) < 4.78 is 54.8. The Morgan fingerprint density at radius 1 is 1.18 bits per heavy atom. The Hall–Kier alpha value is -2.49. The summed E-state index contributed by atoms with van der Waals surface area (Å²) >= 11 is 4.63. The molecule has 0 spiro atoms. The maximum atomic E-state index is 13.7. The highest BCUT2D eigenvalue weighted by Crippen LogP contribution is 2.35. The van der Waals surface area contributed by atoms with Crippen LogP contribution in [0.25, 0.3) is 11.3 Å². The molecule has 2 unspecified atom stereocenters. The predicted molar refractivity (Wildman–Crippen MR) is 144 cm³/mol. The van der Waals surface area contributed by atoms with Gasteiger partial charge < -0.3 is 24.6 Å². The fraction of sp³-hybridized carbons (Fsp3) is 0.423. The van der Waals surface area contributed by atoms with E-state index in [4.69, 9.17) is 9.47 Å². The largest absolute Gasteiger partial charge is 0.394 e. The normalized spacial score (nSPS) is 16.4. The third kappa shape index (κ3) is 7.04. The standard InChI is InChI=1S/C26H28BrF3N4O5S/c1-14(36)22(13-35)39-26(40-23-10-16(27)4-5-17(23)25(37)33-6-3-7-33)21(38-2)12-34-11-20(31-32-34)15-8-18(28)24(30)19(29)9-15/h4-5,8-11,14,21-22,26,35-36H,3,6-7,12-13H2,1-2H3/t14-,21+,22?,26?/m1/s1. The van der Waals surface area contributed by atoms with Crippen molar-refractivity contribution in [2.45, 2.75) is 48.5 Å². The molecule has 1 aliphatic rings. The zero-order valence-electron chi connectivity index (χ0n) is 21.6. The first-order valence-corrected chi connectivity index (χ1v) is 14.1. The number of aliphatic hydroxyl groups excluding tert-OH is 2. The number of aromatic nitrogens is 3. The van der Waals surface area contributed by atoms with E-state index in [2.05, 4.69) is 26.2 Å². The molecule has 1 amide bonds. The van der Waals surface area contributed by atoms with Gasteiger partial charge in [-0.1, -0.05) is 32.9 Å². The third-order valence-corrected chi connectivity index (χ3v) is 8.11. The van der Waals surface area contributed by atoms with E-state index in [1.54, 1.807) is 23.1 Å². The Balaban J connectivity index is 1.62. The molecule has 216 valence electrons. The Kier molecular flexibility index (Phi) is 10.2. The Labute approximate surface area is 241 Å². The van der Waals surface area contributed by atoms with Crippen molar-refractivity contribution in [2.75, 3.05) is 26.8 Å². The number of halogens is 4. The lowest BCUT2D eigenvalue weighted by Gasteiger charge is -2.33. The van der Waals surface area contributed by atoms with Crippen molar-refractivity contribution >= 4 is 33.6 Å². The Morgan fingerprint density at radius 2 is 1.88 bits per heavy atom. The quantitative estimate of drug-likeness (QED) is 0.174. The van der Waals surface area contributed by atoms with Gasteiger partial charge in [-0.15, -0.1) is 5.10 Å². The van der Waals surface area contributed by atoms with Crippen LogP contribution in [0.3, 0.4) is 0 Å². The van der Waals surface area contributed by atoms with Crippen molar-refractivity contribution in [3.05, 3.63) is 64.0 Å². The van der Waals surface area contributed by atoms with Gasteiger partial charge in [0.1, 0.15) is 23.3 Å². The summed E-state index contributed by atoms with van der Waals surface area (Å²) in [5, 5.41) is 27.9. The smallest absolute Gasteiger partial charge is 0.254 e. The van der Waals surface area contributed by atoms with Crippen molar-refractivity contribution in [2.24, 2.45) is 0 Å². The van der Waals surface area contributed by atoms with Gasteiger partial charge in [0.25, 0.3) is 5.91 Å². The number of benzene rings is 2. The number of hydrogen-bond acceptors (Lipinski definition) is 8. The van der Waals surface area contributed by atoms with Crippen LogP contribution in [0, 0.1) is 17.5 Å². The van der Waals surface area contributed by atoms with E-state index < -0.39 is 47.8 Å². The fourth-order valence-corrected chi connectivity index (χ4v) is 5.72. The molecule has 0 saturated carbocycles. The van der Waals surface area contributed by atoms with Gasteiger partial charge in [0.05, 0.1) is 31.0 Å². The topological polar surface area (TPSA) is 110 Å². The number of amides is 1. The van der Waals surface area contributed by atoms with Crippen molar-refractivity contribution in [3.63, 3.8) is 0 Å². The molecule has 14 heteroatoms. The van der Waals surface area contributed by atoms with Gasteiger partial charge in [-0.05, 0) is 43.7 Å². The minimum Gasteiger partial charge on any atom is -0.394 e. The highest BCUT2D eigenvalue weighted by molar-refractivity contribution is 9.10. The lowest BCUT2D eigenvalue weighted by molar-refractivity contribution is -0.105. The first kappa shape index (κ1) is 30.5. The van der Waals surface area contributed by atoms with Crippen LogP contribution in [0.1, 0.15) is 23.7 Å². The molecule has 1 fully saturated rings. The molecule has 9 nitrogen and oxygen atoms in total. The summed E-state index contributed by atoms with van der Waals surface area (Å²) in [4.78, 5) is 15.4. The van der Waals surface area contributed by atoms with E-state index in [1.807, 2.05) is 0 Å². The molecular weight excluding hydrogens is 617 g/mol. The summed E-state index contributed by atoms with van der Waals surface area (Å²) in [5.74, 6) is -4.41. The first-order chi connectivity index (χ1) is 19.1. The van der Waals surface area contributed by atoms with Gasteiger partial charge in [-0.2, -0.15) is 0 Å². The summed E-state index contributed by atoms with van der Waals surface area (Å²) in [6, 6.07) is 6.91. The first-order valence-electron chi connectivity index (χ1n) is 12.4. The molecule has 4 atom stereocenters. The molecule has 1 aliphatic heterocycles. The zero-order valence-corrected chi connectivity index (χ0v) is 24.0. The maximum absolute atomic E-state index is 13.7. The molecule has 4 rings (SSSR count). The van der Waals surface area contributed by atoms with Gasteiger partial charge in [-0.3, -0.25) is 4.79 Å². The molecule has 1 aromatic heterocycles. The van der Waals surface area contributed by atoms with E-state index in [1.165, 1.54) is 36.7 Å². The third-order valence-electron chi connectivity index (χ3n) is 6.38. The molecule has 0 radical (unpaired) electrons. The van der Waals surface area contributed by atoms with Crippen LogP contribution in [0.15, 0.2) is 45.9 Å². The maximum Gasteiger partial charge on any atom is 0.254 e. The van der Waals surface area contributed by atoms with E-state index in [-0.39, 0.29) is 23.7 Å². The highest BCUT2D eigenvalue weighted by atomic mass is 79.9. The SMILES string of the molecule is CO[C@@H](Cn1cc(-c2cc(F)c(F)c(F)c2)nn1)C(OC(CO)[C@@H](C)O)Sc1cc(Br)ccc1C(=O)N1CCC1. The predicted octanol–water partition coefficient (Wildman–Crippen LogP) is 3.86. The molecule has 2 N–H and O–H groups in total. The molecule has 0 aliphatic carbocycles. The molecule has 2 heterocycles. The van der Waals surface area contributed by atoms with Gasteiger partial charge >= 0.3 is 0 Å². The number of likely N-dealkylation sites (tertiary alicyclic amines) is 1. The minimum atomic E-state index is -1.58. The van der Waals surface area contributed by atoms with Crippen LogP contribution in [0.2, 0.25) is 0 Å². The summed E-state index contributed by atoms with van der Waals surface area (Å²) in [5.41, 5.74) is -0.291. The monoisotopic (exact) mass is 644 g/mol. The van der Waals surface area contributed by atoms with Gasteiger partial charge in [0.15, 0.2) is 17.5 Å². The lowest BCUT2D eigenvalue weighted by atomic mass is 10.1. The zero-order chi connectivity index (χ0) is 29.0. The second-order valence-electron chi connectivity index (χ2n) is 9.22. The van der Waals surface area contributed by atoms with Crippen molar-refractivity contribution < 1.29 is 37.7 Å². The average molecular weight is 645 g/mol. The summed E-state index contributed by atoms with van der Waals surface area (Å²) in [6.45, 7) is 2.38. The number of nitrogens with zero attached hydrogens (tertiary/aromatic N) is 4. The van der Waals surface area contributed by atoms with Crippen LogP contribution in [0.4, 0.5) is 13.2 Å². The molecule has 2 aromatic carbocycles. The number of thioether (sulfide) groups is 1. The average Bonchev–Trinajstić information content (AvgIpc) is 3.35. The lowest BCUT2D eigenvalue weighted by Crippen LogP contribution is -2.42. The number of carbonyl (C=O) groups is 1. The van der Waals surface area contributed by atoms with Crippen LogP contribution in [-0.4, -0.2) is 86.6 Å². The van der Waals surface area contributed by atoms with E-state index in [0.717, 1.165) is 23.0 Å². The second kappa shape index (κ2) is 13.4. The minimum absolute atomic E-state index is 0.00322. The van der Waals surface area contributed by atoms with Crippen LogP contribution < -0.4 is 0 Å². The van der Waals surface area contributed by atoms with Gasteiger partial charge in [0, 0.05) is 35.1 Å². The van der Waals surface area contributed by atoms with Gasteiger partial charge in [-0.25, -0.2) is 17.9 Å². The van der Waals surface area contributed by atoms with Gasteiger partial charge in [0.2, 0.25) is 0 Å². The highest BCUT2D eigenvalue weighted by Gasteiger charge is 2.32.